The molecule has 0 unspecified atom stereocenters. The van der Waals surface area contributed by atoms with Crippen LogP contribution in [0.25, 0.3) is 0 Å². The van der Waals surface area contributed by atoms with Gasteiger partial charge in [-0.25, -0.2) is 13.2 Å². The molecule has 0 radical (unpaired) electrons. The van der Waals surface area contributed by atoms with Crippen LogP contribution in [0.4, 0.5) is 4.79 Å². The molecule has 0 aliphatic heterocycles. The van der Waals surface area contributed by atoms with E-state index in [4.69, 9.17) is 5.11 Å². The van der Waals surface area contributed by atoms with Crippen molar-refractivity contribution in [2.24, 2.45) is 0 Å². The van der Waals surface area contributed by atoms with E-state index in [9.17, 15) is 18.0 Å². The number of sulfone groups is 1. The number of carbonyl (C=O) groups excluding carboxylic acids is 1. The molecule has 64 valence electrons. The fraction of sp³-hybridized carbons (Fsp3) is 0.500. The molecule has 0 aliphatic carbocycles. The third-order valence-electron chi connectivity index (χ3n) is 0.640. The highest BCUT2D eigenvalue weighted by Gasteiger charge is 2.12. The van der Waals surface area contributed by atoms with E-state index in [-0.39, 0.29) is 0 Å². The number of rotatable bonds is 2. The second-order valence-electron chi connectivity index (χ2n) is 1.92. The Kier molecular flexibility index (Phi) is 2.99. The Bertz CT molecular complexity index is 266. The molecular weight excluding hydrogens is 174 g/mol. The quantitative estimate of drug-likeness (QED) is 0.558. The SMILES string of the molecule is CS(=O)(=O)CC(=O)NC(=O)O. The highest BCUT2D eigenvalue weighted by atomic mass is 32.2. The maximum atomic E-state index is 10.4. The number of nitrogens with one attached hydrogen (secondary N) is 1. The van der Waals surface area contributed by atoms with Crippen LogP contribution in [0.3, 0.4) is 0 Å². The van der Waals surface area contributed by atoms with Crippen LogP contribution in [0.5, 0.6) is 0 Å². The van der Waals surface area contributed by atoms with E-state index in [1.165, 1.54) is 5.32 Å². The number of carboxylic acid groups (broad SMARTS) is 1. The zero-order valence-electron chi connectivity index (χ0n) is 5.70. The van der Waals surface area contributed by atoms with Gasteiger partial charge < -0.3 is 5.11 Å². The number of carbonyl (C=O) groups is 2. The first-order chi connectivity index (χ1) is 4.81. The van der Waals surface area contributed by atoms with E-state index in [1.807, 2.05) is 0 Å². The van der Waals surface area contributed by atoms with E-state index in [0.29, 0.717) is 0 Å². The van der Waals surface area contributed by atoms with E-state index >= 15 is 0 Å². The van der Waals surface area contributed by atoms with Crippen LogP contribution in [-0.4, -0.2) is 37.5 Å². The molecule has 2 N–H and O–H groups in total. The summed E-state index contributed by atoms with van der Waals surface area (Å²) in [6.45, 7) is 0. The molecule has 0 bridgehead atoms. The van der Waals surface area contributed by atoms with Crippen molar-refractivity contribution in [2.75, 3.05) is 12.0 Å². The van der Waals surface area contributed by atoms with Gasteiger partial charge in [-0.2, -0.15) is 0 Å². The molecule has 0 rings (SSSR count). The lowest BCUT2D eigenvalue weighted by Crippen LogP contribution is -2.33. The molecular formula is C4H7NO5S. The smallest absolute Gasteiger partial charge is 0.411 e. The number of hydrogen-bond acceptors (Lipinski definition) is 4. The van der Waals surface area contributed by atoms with Gasteiger partial charge in [0.2, 0.25) is 5.91 Å². The molecule has 6 nitrogen and oxygen atoms in total. The molecule has 0 spiro atoms. The standard InChI is InChI=1S/C4H7NO5S/c1-11(9,10)2-3(6)5-4(7)8/h2H2,1H3,(H,5,6)(H,7,8). The molecule has 0 saturated carbocycles. The second-order valence-corrected chi connectivity index (χ2v) is 4.06. The first kappa shape index (κ1) is 9.89. The van der Waals surface area contributed by atoms with Crippen LogP contribution in [0.2, 0.25) is 0 Å². The van der Waals surface area contributed by atoms with Gasteiger partial charge in [-0.15, -0.1) is 0 Å². The fourth-order valence-corrected chi connectivity index (χ4v) is 0.942. The van der Waals surface area contributed by atoms with Crippen LogP contribution in [0.1, 0.15) is 0 Å². The predicted octanol–water partition coefficient (Wildman–Crippen LogP) is -1.17. The van der Waals surface area contributed by atoms with Gasteiger partial charge in [0.15, 0.2) is 9.84 Å². The van der Waals surface area contributed by atoms with Crippen LogP contribution in [0.15, 0.2) is 0 Å². The third kappa shape index (κ3) is 6.78. The third-order valence-corrected chi connectivity index (χ3v) is 1.43. The van der Waals surface area contributed by atoms with Crippen molar-refractivity contribution in [1.29, 1.82) is 0 Å². The van der Waals surface area contributed by atoms with Gasteiger partial charge in [0, 0.05) is 6.26 Å². The van der Waals surface area contributed by atoms with E-state index < -0.39 is 27.6 Å². The average Bonchev–Trinajstić information content (AvgIpc) is 1.53. The van der Waals surface area contributed by atoms with Gasteiger partial charge in [-0.05, 0) is 0 Å². The average molecular weight is 181 g/mol. The Balaban J connectivity index is 4.01. The minimum absolute atomic E-state index is 0.806. The molecule has 0 fully saturated rings. The lowest BCUT2D eigenvalue weighted by atomic mass is 10.7. The van der Waals surface area contributed by atoms with Crippen molar-refractivity contribution in [3.05, 3.63) is 0 Å². The van der Waals surface area contributed by atoms with Gasteiger partial charge in [-0.3, -0.25) is 10.1 Å². The predicted molar refractivity (Wildman–Crippen MR) is 35.9 cm³/mol. The Hall–Kier alpha value is -1.11. The fourth-order valence-electron chi connectivity index (χ4n) is 0.393. The zero-order valence-corrected chi connectivity index (χ0v) is 6.51. The van der Waals surface area contributed by atoms with Crippen LogP contribution in [-0.2, 0) is 14.6 Å². The van der Waals surface area contributed by atoms with E-state index in [1.54, 1.807) is 0 Å². The minimum atomic E-state index is -3.44. The Morgan fingerprint density at radius 2 is 1.91 bits per heavy atom. The second kappa shape index (κ2) is 3.33. The van der Waals surface area contributed by atoms with Crippen molar-refractivity contribution in [3.63, 3.8) is 0 Å². The van der Waals surface area contributed by atoms with E-state index in [0.717, 1.165) is 6.26 Å². The van der Waals surface area contributed by atoms with Gasteiger partial charge in [-0.1, -0.05) is 0 Å². The maximum absolute atomic E-state index is 10.4. The van der Waals surface area contributed by atoms with Crippen molar-refractivity contribution in [1.82, 2.24) is 5.32 Å². The summed E-state index contributed by atoms with van der Waals surface area (Å²) >= 11 is 0. The topological polar surface area (TPSA) is 101 Å². The monoisotopic (exact) mass is 181 g/mol. The largest absolute Gasteiger partial charge is 0.465 e. The summed E-state index contributed by atoms with van der Waals surface area (Å²) in [5, 5.41) is 9.35. The highest BCUT2D eigenvalue weighted by Crippen LogP contribution is 1.81. The van der Waals surface area contributed by atoms with Gasteiger partial charge >= 0.3 is 6.09 Å². The Morgan fingerprint density at radius 1 is 1.45 bits per heavy atom. The Morgan fingerprint density at radius 3 is 2.18 bits per heavy atom. The first-order valence-corrected chi connectivity index (χ1v) is 4.58. The molecule has 0 aromatic rings. The maximum Gasteiger partial charge on any atom is 0.411 e. The molecule has 2 amide bonds. The molecule has 0 saturated heterocycles. The summed E-state index contributed by atoms with van der Waals surface area (Å²) in [5.41, 5.74) is 0. The summed E-state index contributed by atoms with van der Waals surface area (Å²) in [5.74, 6) is -1.85. The molecule has 0 heterocycles. The minimum Gasteiger partial charge on any atom is -0.465 e. The number of imide groups is 1. The van der Waals surface area contributed by atoms with Crippen LogP contribution < -0.4 is 5.32 Å². The van der Waals surface area contributed by atoms with Gasteiger partial charge in [0.05, 0.1) is 0 Å². The van der Waals surface area contributed by atoms with Gasteiger partial charge in [0.1, 0.15) is 5.75 Å². The summed E-state index contributed by atoms with van der Waals surface area (Å²) in [6, 6.07) is 0. The lowest BCUT2D eigenvalue weighted by molar-refractivity contribution is -0.117. The zero-order chi connectivity index (χ0) is 9.07. The first-order valence-electron chi connectivity index (χ1n) is 2.52. The normalized spacial score (nSPS) is 10.6. The molecule has 7 heteroatoms. The summed E-state index contributed by atoms with van der Waals surface area (Å²) in [7, 11) is -3.44. The van der Waals surface area contributed by atoms with Crippen LogP contribution in [0, 0.1) is 0 Å². The highest BCUT2D eigenvalue weighted by molar-refractivity contribution is 7.91. The molecule has 0 aromatic heterocycles. The van der Waals surface area contributed by atoms with Gasteiger partial charge in [0.25, 0.3) is 0 Å². The Labute approximate surface area is 63.1 Å². The summed E-state index contributed by atoms with van der Waals surface area (Å²) in [4.78, 5) is 20.2. The van der Waals surface area contributed by atoms with Crippen molar-refractivity contribution in [2.45, 2.75) is 0 Å². The van der Waals surface area contributed by atoms with E-state index in [2.05, 4.69) is 0 Å². The number of hydrogen-bond donors (Lipinski definition) is 2. The molecule has 0 atom stereocenters. The van der Waals surface area contributed by atoms with Crippen molar-refractivity contribution >= 4 is 21.8 Å². The summed E-state index contributed by atoms with van der Waals surface area (Å²) < 4.78 is 20.7. The van der Waals surface area contributed by atoms with Crippen molar-refractivity contribution < 1.29 is 23.1 Å². The molecule has 0 aromatic carbocycles. The lowest BCUT2D eigenvalue weighted by Gasteiger charge is -1.96. The number of amides is 2. The summed E-state index contributed by atoms with van der Waals surface area (Å²) in [6.07, 6.45) is -0.715. The molecule has 0 aliphatic rings. The van der Waals surface area contributed by atoms with Crippen LogP contribution >= 0.6 is 0 Å². The molecule has 11 heavy (non-hydrogen) atoms. The van der Waals surface area contributed by atoms with Crippen molar-refractivity contribution in [3.8, 4) is 0 Å².